The summed E-state index contributed by atoms with van der Waals surface area (Å²) in [6.45, 7) is 2.91. The van der Waals surface area contributed by atoms with Crippen molar-refractivity contribution < 1.29 is 18.9 Å². The number of hydrogen-bond acceptors (Lipinski definition) is 8. The maximum atomic E-state index is 6.61. The molecule has 2 aliphatic heterocycles. The molecule has 37 heavy (non-hydrogen) atoms. The number of hydrogen-bond donors (Lipinski definition) is 1. The summed E-state index contributed by atoms with van der Waals surface area (Å²) in [6, 6.07) is 6.65. The van der Waals surface area contributed by atoms with Crippen LogP contribution in [0.5, 0.6) is 17.2 Å². The molecular formula is C27H30N6O4. The summed E-state index contributed by atoms with van der Waals surface area (Å²) in [5.74, 6) is 2.59. The summed E-state index contributed by atoms with van der Waals surface area (Å²) in [6.07, 6.45) is 11.9. The first kappa shape index (κ1) is 22.6. The first-order chi connectivity index (χ1) is 18.2. The molecule has 0 radical (unpaired) electrons. The van der Waals surface area contributed by atoms with Crippen molar-refractivity contribution in [1.29, 1.82) is 0 Å². The van der Waals surface area contributed by atoms with E-state index < -0.39 is 0 Å². The zero-order valence-electron chi connectivity index (χ0n) is 20.8. The Labute approximate surface area is 214 Å². The lowest BCUT2D eigenvalue weighted by atomic mass is 9.96. The molecule has 10 nitrogen and oxygen atoms in total. The van der Waals surface area contributed by atoms with Crippen LogP contribution >= 0.6 is 0 Å². The lowest BCUT2D eigenvalue weighted by molar-refractivity contribution is -0.0286. The van der Waals surface area contributed by atoms with E-state index in [1.807, 2.05) is 35.3 Å². The van der Waals surface area contributed by atoms with Gasteiger partial charge in [-0.2, -0.15) is 10.2 Å². The predicted octanol–water partition coefficient (Wildman–Crippen LogP) is 4.97. The van der Waals surface area contributed by atoms with Crippen LogP contribution in [0.1, 0.15) is 49.4 Å². The van der Waals surface area contributed by atoms with Crippen LogP contribution in [-0.4, -0.2) is 58.1 Å². The second kappa shape index (κ2) is 9.35. The Morgan fingerprint density at radius 2 is 1.81 bits per heavy atom. The average Bonchev–Trinajstić information content (AvgIpc) is 3.51. The predicted molar refractivity (Wildman–Crippen MR) is 137 cm³/mol. The highest BCUT2D eigenvalue weighted by molar-refractivity contribution is 5.91. The van der Waals surface area contributed by atoms with Crippen molar-refractivity contribution in [1.82, 2.24) is 24.5 Å². The molecule has 3 aliphatic rings. The molecule has 1 aliphatic carbocycles. The largest absolute Gasteiger partial charge is 0.494 e. The standard InChI is InChI=1S/C27H30N6O4/c1-34-25-11-22-21(10-23(25)30-18-12-29-32(13-18)20-15-36-16-20)24(4-7-28-22)37-26-14-33(19-2-3-19)31-27(26)17-5-8-35-9-6-17/h4,7,10-14,17,19-20,30H,2-3,5-6,8-9,15-16H2,1H3. The number of fused-ring (bicyclic) bond motifs is 1. The Balaban J connectivity index is 1.23. The van der Waals surface area contributed by atoms with Gasteiger partial charge in [0.2, 0.25) is 0 Å². The van der Waals surface area contributed by atoms with Crippen LogP contribution in [-0.2, 0) is 9.47 Å². The first-order valence-corrected chi connectivity index (χ1v) is 13.0. The van der Waals surface area contributed by atoms with E-state index in [1.165, 1.54) is 12.8 Å². The van der Waals surface area contributed by atoms with E-state index in [-0.39, 0.29) is 0 Å². The highest BCUT2D eigenvalue weighted by atomic mass is 16.5. The smallest absolute Gasteiger partial charge is 0.168 e. The minimum Gasteiger partial charge on any atom is -0.494 e. The fraction of sp³-hybridized carbons (Fsp3) is 0.444. The Bertz CT molecular complexity index is 1420. The normalized spacial score (nSPS) is 18.6. The fourth-order valence-corrected chi connectivity index (χ4v) is 5.00. The molecule has 0 bridgehead atoms. The number of anilines is 2. The molecule has 2 saturated heterocycles. The van der Waals surface area contributed by atoms with Crippen molar-refractivity contribution in [2.75, 3.05) is 38.9 Å². The molecule has 192 valence electrons. The molecular weight excluding hydrogens is 472 g/mol. The van der Waals surface area contributed by atoms with Crippen molar-refractivity contribution in [2.24, 2.45) is 0 Å². The first-order valence-electron chi connectivity index (χ1n) is 13.0. The van der Waals surface area contributed by atoms with E-state index in [1.54, 1.807) is 13.3 Å². The monoisotopic (exact) mass is 502 g/mol. The third-order valence-corrected chi connectivity index (χ3v) is 7.37. The Morgan fingerprint density at radius 3 is 2.57 bits per heavy atom. The highest BCUT2D eigenvalue weighted by Gasteiger charge is 2.30. The van der Waals surface area contributed by atoms with Gasteiger partial charge in [0.25, 0.3) is 0 Å². The van der Waals surface area contributed by atoms with Gasteiger partial charge in [-0.1, -0.05) is 0 Å². The fourth-order valence-electron chi connectivity index (χ4n) is 5.00. The molecule has 0 spiro atoms. The van der Waals surface area contributed by atoms with Gasteiger partial charge in [-0.25, -0.2) is 0 Å². The third kappa shape index (κ3) is 4.40. The van der Waals surface area contributed by atoms with E-state index in [2.05, 4.69) is 26.3 Å². The second-order valence-electron chi connectivity index (χ2n) is 9.98. The summed E-state index contributed by atoms with van der Waals surface area (Å²) in [5.41, 5.74) is 3.52. The van der Waals surface area contributed by atoms with Gasteiger partial charge in [-0.3, -0.25) is 14.3 Å². The summed E-state index contributed by atoms with van der Waals surface area (Å²) in [5, 5.41) is 13.8. The zero-order chi connectivity index (χ0) is 24.8. The zero-order valence-corrected chi connectivity index (χ0v) is 20.8. The summed E-state index contributed by atoms with van der Waals surface area (Å²) in [7, 11) is 1.66. The molecule has 0 atom stereocenters. The number of rotatable bonds is 8. The van der Waals surface area contributed by atoms with E-state index in [0.29, 0.717) is 37.0 Å². The van der Waals surface area contributed by atoms with Gasteiger partial charge in [0.1, 0.15) is 17.2 Å². The van der Waals surface area contributed by atoms with Gasteiger partial charge in [0.15, 0.2) is 5.75 Å². The van der Waals surface area contributed by atoms with E-state index in [9.17, 15) is 0 Å². The number of pyridine rings is 1. The van der Waals surface area contributed by atoms with Crippen LogP contribution < -0.4 is 14.8 Å². The number of aromatic nitrogens is 5. The van der Waals surface area contributed by atoms with E-state index >= 15 is 0 Å². The second-order valence-corrected chi connectivity index (χ2v) is 9.98. The van der Waals surface area contributed by atoms with Crippen molar-refractivity contribution in [3.05, 3.63) is 48.7 Å². The quantitative estimate of drug-likeness (QED) is 0.361. The van der Waals surface area contributed by atoms with Crippen LogP contribution in [0.4, 0.5) is 11.4 Å². The summed E-state index contributed by atoms with van der Waals surface area (Å²) in [4.78, 5) is 4.59. The Morgan fingerprint density at radius 1 is 0.946 bits per heavy atom. The van der Waals surface area contributed by atoms with E-state index in [4.69, 9.17) is 24.0 Å². The average molecular weight is 503 g/mol. The molecule has 1 N–H and O–H groups in total. The third-order valence-electron chi connectivity index (χ3n) is 7.37. The molecule has 1 saturated carbocycles. The number of benzene rings is 1. The number of nitrogens with one attached hydrogen (secondary N) is 1. The van der Waals surface area contributed by atoms with Crippen molar-refractivity contribution in [2.45, 2.75) is 43.7 Å². The SMILES string of the molecule is COc1cc2nccc(Oc3cn(C4CC4)nc3C3CCOCC3)c2cc1Nc1cnn(C2COC2)c1. The van der Waals surface area contributed by atoms with Gasteiger partial charge in [-0.05, 0) is 37.8 Å². The van der Waals surface area contributed by atoms with Crippen molar-refractivity contribution in [3.8, 4) is 17.2 Å². The van der Waals surface area contributed by atoms with Crippen LogP contribution in [0.3, 0.4) is 0 Å². The lowest BCUT2D eigenvalue weighted by Crippen LogP contribution is -2.30. The number of methoxy groups -OCH3 is 1. The molecule has 1 aromatic carbocycles. The van der Waals surface area contributed by atoms with Crippen molar-refractivity contribution in [3.63, 3.8) is 0 Å². The van der Waals surface area contributed by atoms with Crippen molar-refractivity contribution >= 4 is 22.3 Å². The molecule has 3 aromatic heterocycles. The summed E-state index contributed by atoms with van der Waals surface area (Å²) >= 11 is 0. The molecule has 4 aromatic rings. The lowest BCUT2D eigenvalue weighted by Gasteiger charge is -2.25. The van der Waals surface area contributed by atoms with Crippen LogP contribution in [0, 0.1) is 0 Å². The molecule has 7 rings (SSSR count). The molecule has 5 heterocycles. The van der Waals surface area contributed by atoms with Gasteiger partial charge in [0, 0.05) is 43.0 Å². The Hall–Kier alpha value is -3.63. The molecule has 10 heteroatoms. The van der Waals surface area contributed by atoms with Gasteiger partial charge >= 0.3 is 0 Å². The topological polar surface area (TPSA) is 97.5 Å². The van der Waals surface area contributed by atoms with Crippen LogP contribution in [0.15, 0.2) is 43.0 Å². The van der Waals surface area contributed by atoms with Gasteiger partial charge in [0.05, 0.1) is 61.7 Å². The minimum absolute atomic E-state index is 0.291. The molecule has 0 amide bonds. The molecule has 0 unspecified atom stereocenters. The Kier molecular flexibility index (Phi) is 5.70. The van der Waals surface area contributed by atoms with Gasteiger partial charge < -0.3 is 24.3 Å². The highest BCUT2D eigenvalue weighted by Crippen LogP contribution is 2.42. The summed E-state index contributed by atoms with van der Waals surface area (Å²) < 4.78 is 27.2. The maximum Gasteiger partial charge on any atom is 0.168 e. The van der Waals surface area contributed by atoms with E-state index in [0.717, 1.165) is 65.5 Å². The van der Waals surface area contributed by atoms with Gasteiger partial charge in [-0.15, -0.1) is 0 Å². The molecule has 3 fully saturated rings. The van der Waals surface area contributed by atoms with Crippen LogP contribution in [0.2, 0.25) is 0 Å². The van der Waals surface area contributed by atoms with Crippen LogP contribution in [0.25, 0.3) is 10.9 Å². The number of nitrogens with zero attached hydrogens (tertiary/aromatic N) is 5. The maximum absolute atomic E-state index is 6.61. The number of ether oxygens (including phenoxy) is 4. The minimum atomic E-state index is 0.291.